The molecular weight excluding hydrogens is 154 g/mol. The van der Waals surface area contributed by atoms with E-state index >= 15 is 0 Å². The van der Waals surface area contributed by atoms with Crippen LogP contribution in [0.1, 0.15) is 27.2 Å². The molecule has 0 unspecified atom stereocenters. The maximum absolute atomic E-state index is 11.1. The quantitative estimate of drug-likeness (QED) is 0.608. The molecule has 0 amide bonds. The molecule has 3 heteroatoms. The van der Waals surface area contributed by atoms with Gasteiger partial charge in [-0.05, 0) is 20.8 Å². The molecule has 1 fully saturated rings. The lowest BCUT2D eigenvalue weighted by molar-refractivity contribution is -0.122. The van der Waals surface area contributed by atoms with Crippen LogP contribution in [-0.4, -0.2) is 35.1 Å². The van der Waals surface area contributed by atoms with Crippen LogP contribution in [0, 0.1) is 0 Å². The summed E-state index contributed by atoms with van der Waals surface area (Å²) in [5.41, 5.74) is 0. The largest absolute Gasteiger partial charge is 0.298 e. The van der Waals surface area contributed by atoms with Crippen LogP contribution in [0.5, 0.6) is 0 Å². The summed E-state index contributed by atoms with van der Waals surface area (Å²) in [7, 11) is 0. The Hall–Kier alpha value is -0.700. The zero-order valence-corrected chi connectivity index (χ0v) is 7.83. The normalized spacial score (nSPS) is 25.3. The first kappa shape index (κ1) is 9.39. The highest BCUT2D eigenvalue weighted by Crippen LogP contribution is 2.17. The standard InChI is InChI=1S/C9H15NO2/c1-6(2)10-5-8(12)4-9(10)7(3)11/h6,9H,4-5H2,1-3H3/t9-/m0/s1. The molecule has 0 spiro atoms. The van der Waals surface area contributed by atoms with Crippen molar-refractivity contribution in [3.63, 3.8) is 0 Å². The van der Waals surface area contributed by atoms with Gasteiger partial charge in [0.15, 0.2) is 0 Å². The number of rotatable bonds is 2. The van der Waals surface area contributed by atoms with E-state index in [0.29, 0.717) is 13.0 Å². The Balaban J connectivity index is 2.72. The van der Waals surface area contributed by atoms with Crippen molar-refractivity contribution in [2.24, 2.45) is 0 Å². The average molecular weight is 169 g/mol. The Labute approximate surface area is 72.7 Å². The minimum absolute atomic E-state index is 0.106. The molecule has 68 valence electrons. The summed E-state index contributed by atoms with van der Waals surface area (Å²) >= 11 is 0. The monoisotopic (exact) mass is 169 g/mol. The highest BCUT2D eigenvalue weighted by atomic mass is 16.1. The summed E-state index contributed by atoms with van der Waals surface area (Å²) < 4.78 is 0. The topological polar surface area (TPSA) is 37.4 Å². The molecular formula is C9H15NO2. The molecule has 1 heterocycles. The number of nitrogens with zero attached hydrogens (tertiary/aromatic N) is 1. The van der Waals surface area contributed by atoms with Crippen molar-refractivity contribution in [2.45, 2.75) is 39.3 Å². The molecule has 0 bridgehead atoms. The van der Waals surface area contributed by atoms with Crippen LogP contribution in [0.2, 0.25) is 0 Å². The van der Waals surface area contributed by atoms with Gasteiger partial charge >= 0.3 is 0 Å². The Morgan fingerprint density at radius 3 is 2.50 bits per heavy atom. The van der Waals surface area contributed by atoms with Crippen LogP contribution in [0.25, 0.3) is 0 Å². The Morgan fingerprint density at radius 1 is 1.58 bits per heavy atom. The van der Waals surface area contributed by atoms with E-state index in [-0.39, 0.29) is 23.7 Å². The fraction of sp³-hybridized carbons (Fsp3) is 0.778. The van der Waals surface area contributed by atoms with Crippen molar-refractivity contribution in [2.75, 3.05) is 6.54 Å². The van der Waals surface area contributed by atoms with Crippen molar-refractivity contribution in [3.8, 4) is 0 Å². The highest BCUT2D eigenvalue weighted by Gasteiger charge is 2.34. The highest BCUT2D eigenvalue weighted by molar-refractivity contribution is 5.93. The lowest BCUT2D eigenvalue weighted by Gasteiger charge is -2.24. The minimum atomic E-state index is -0.155. The van der Waals surface area contributed by atoms with Gasteiger partial charge < -0.3 is 0 Å². The summed E-state index contributed by atoms with van der Waals surface area (Å²) in [5.74, 6) is 0.290. The molecule has 1 saturated heterocycles. The molecule has 0 aromatic rings. The maximum atomic E-state index is 11.1. The second-order valence-electron chi connectivity index (χ2n) is 3.64. The van der Waals surface area contributed by atoms with Gasteiger partial charge in [-0.1, -0.05) is 0 Å². The van der Waals surface area contributed by atoms with E-state index in [9.17, 15) is 9.59 Å². The van der Waals surface area contributed by atoms with Gasteiger partial charge in [0.05, 0.1) is 12.6 Å². The summed E-state index contributed by atoms with van der Waals surface area (Å²) in [4.78, 5) is 24.2. The third-order valence-electron chi connectivity index (χ3n) is 2.31. The van der Waals surface area contributed by atoms with Gasteiger partial charge in [-0.25, -0.2) is 0 Å². The molecule has 1 aliphatic rings. The predicted molar refractivity (Wildman–Crippen MR) is 45.9 cm³/mol. The van der Waals surface area contributed by atoms with Gasteiger partial charge in [0.25, 0.3) is 0 Å². The van der Waals surface area contributed by atoms with E-state index in [1.165, 1.54) is 0 Å². The first-order chi connectivity index (χ1) is 5.52. The second kappa shape index (κ2) is 3.35. The van der Waals surface area contributed by atoms with E-state index in [2.05, 4.69) is 0 Å². The third-order valence-corrected chi connectivity index (χ3v) is 2.31. The minimum Gasteiger partial charge on any atom is -0.298 e. The Kier molecular flexibility index (Phi) is 2.62. The molecule has 12 heavy (non-hydrogen) atoms. The van der Waals surface area contributed by atoms with Crippen molar-refractivity contribution in [1.82, 2.24) is 4.90 Å². The molecule has 0 saturated carbocycles. The van der Waals surface area contributed by atoms with Crippen LogP contribution >= 0.6 is 0 Å². The van der Waals surface area contributed by atoms with Crippen molar-refractivity contribution in [1.29, 1.82) is 0 Å². The van der Waals surface area contributed by atoms with E-state index in [0.717, 1.165) is 0 Å². The summed E-state index contributed by atoms with van der Waals surface area (Å²) in [6, 6.07) is 0.128. The van der Waals surface area contributed by atoms with Gasteiger partial charge in [-0.15, -0.1) is 0 Å². The molecule has 1 atom stereocenters. The van der Waals surface area contributed by atoms with Gasteiger partial charge in [0, 0.05) is 12.5 Å². The van der Waals surface area contributed by atoms with Crippen molar-refractivity contribution < 1.29 is 9.59 Å². The van der Waals surface area contributed by atoms with E-state index in [4.69, 9.17) is 0 Å². The number of hydrogen-bond acceptors (Lipinski definition) is 3. The zero-order chi connectivity index (χ0) is 9.30. The van der Waals surface area contributed by atoms with Gasteiger partial charge in [0.1, 0.15) is 11.6 Å². The summed E-state index contributed by atoms with van der Waals surface area (Å²) in [6.07, 6.45) is 0.410. The Morgan fingerprint density at radius 2 is 2.17 bits per heavy atom. The first-order valence-corrected chi connectivity index (χ1v) is 4.30. The van der Waals surface area contributed by atoms with Crippen LogP contribution < -0.4 is 0 Å². The second-order valence-corrected chi connectivity index (χ2v) is 3.64. The predicted octanol–water partition coefficient (Wildman–Crippen LogP) is 0.627. The average Bonchev–Trinajstić information content (AvgIpc) is 2.31. The Bertz CT molecular complexity index is 211. The number of Topliss-reactive ketones (excluding diaryl/α,β-unsaturated/α-hetero) is 2. The van der Waals surface area contributed by atoms with Crippen LogP contribution in [0.15, 0.2) is 0 Å². The van der Waals surface area contributed by atoms with Gasteiger partial charge in [-0.3, -0.25) is 14.5 Å². The molecule has 1 aliphatic heterocycles. The number of ketones is 2. The zero-order valence-electron chi connectivity index (χ0n) is 7.83. The van der Waals surface area contributed by atoms with Gasteiger partial charge in [0.2, 0.25) is 0 Å². The lowest BCUT2D eigenvalue weighted by atomic mass is 10.1. The number of likely N-dealkylation sites (tertiary alicyclic amines) is 1. The lowest BCUT2D eigenvalue weighted by Crippen LogP contribution is -2.39. The van der Waals surface area contributed by atoms with Crippen LogP contribution in [-0.2, 0) is 9.59 Å². The first-order valence-electron chi connectivity index (χ1n) is 4.30. The van der Waals surface area contributed by atoms with Crippen molar-refractivity contribution >= 4 is 11.6 Å². The van der Waals surface area contributed by atoms with E-state index in [1.807, 2.05) is 18.7 Å². The third kappa shape index (κ3) is 1.72. The molecule has 0 aromatic heterocycles. The molecule has 0 aliphatic carbocycles. The SMILES string of the molecule is CC(=O)[C@@H]1CC(=O)CN1C(C)C. The summed E-state index contributed by atoms with van der Waals surface area (Å²) in [6.45, 7) is 6.02. The molecule has 0 N–H and O–H groups in total. The smallest absolute Gasteiger partial charge is 0.148 e. The fourth-order valence-electron chi connectivity index (χ4n) is 1.63. The number of hydrogen-bond donors (Lipinski definition) is 0. The van der Waals surface area contributed by atoms with Gasteiger partial charge in [-0.2, -0.15) is 0 Å². The molecule has 3 nitrogen and oxygen atoms in total. The maximum Gasteiger partial charge on any atom is 0.148 e. The molecule has 0 aromatic carbocycles. The van der Waals surface area contributed by atoms with E-state index in [1.54, 1.807) is 6.92 Å². The number of carbonyl (C=O) groups excluding carboxylic acids is 2. The molecule has 1 rings (SSSR count). The van der Waals surface area contributed by atoms with E-state index < -0.39 is 0 Å². The van der Waals surface area contributed by atoms with Crippen LogP contribution in [0.3, 0.4) is 0 Å². The summed E-state index contributed by atoms with van der Waals surface area (Å²) in [5, 5.41) is 0. The van der Waals surface area contributed by atoms with Crippen LogP contribution in [0.4, 0.5) is 0 Å². The number of carbonyl (C=O) groups is 2. The fourth-order valence-corrected chi connectivity index (χ4v) is 1.63. The molecule has 0 radical (unpaired) electrons. The van der Waals surface area contributed by atoms with Crippen molar-refractivity contribution in [3.05, 3.63) is 0 Å².